The second-order valence-corrected chi connectivity index (χ2v) is 15.3. The number of amides is 1. The fourth-order valence-corrected chi connectivity index (χ4v) is 8.58. The Bertz CT molecular complexity index is 2490. The molecule has 0 fully saturated rings. The number of nitrogens with zero attached hydrogens (tertiary/aromatic N) is 5. The van der Waals surface area contributed by atoms with Crippen LogP contribution in [0.5, 0.6) is 5.75 Å². The van der Waals surface area contributed by atoms with E-state index in [0.717, 1.165) is 66.4 Å². The van der Waals surface area contributed by atoms with Gasteiger partial charge in [0, 0.05) is 72.6 Å². The highest BCUT2D eigenvalue weighted by molar-refractivity contribution is 6.35. The number of hydrogen-bond acceptors (Lipinski definition) is 6. The number of rotatable bonds is 12. The summed E-state index contributed by atoms with van der Waals surface area (Å²) in [4.78, 5) is 29.5. The van der Waals surface area contributed by atoms with Crippen molar-refractivity contribution in [1.29, 1.82) is 0 Å². The van der Waals surface area contributed by atoms with E-state index in [1.165, 1.54) is 0 Å². The van der Waals surface area contributed by atoms with Crippen molar-refractivity contribution in [3.8, 4) is 16.9 Å². The van der Waals surface area contributed by atoms with Crippen LogP contribution in [0.4, 0.5) is 5.69 Å². The van der Waals surface area contributed by atoms with E-state index in [2.05, 4.69) is 11.5 Å². The zero-order valence-electron chi connectivity index (χ0n) is 32.3. The zero-order valence-corrected chi connectivity index (χ0v) is 33.9. The van der Waals surface area contributed by atoms with Crippen LogP contribution in [0.25, 0.3) is 32.9 Å². The molecule has 0 bridgehead atoms. The lowest BCUT2D eigenvalue weighted by molar-refractivity contribution is -0.0390. The summed E-state index contributed by atoms with van der Waals surface area (Å²) in [5, 5.41) is 17.6. The van der Waals surface area contributed by atoms with Gasteiger partial charge in [-0.1, -0.05) is 29.3 Å². The number of benzene rings is 3. The van der Waals surface area contributed by atoms with Crippen molar-refractivity contribution in [1.82, 2.24) is 18.9 Å². The molecular formula is C42H45Cl2N5O6. The van der Waals surface area contributed by atoms with Gasteiger partial charge in [0.05, 0.1) is 46.2 Å². The van der Waals surface area contributed by atoms with E-state index in [9.17, 15) is 9.90 Å². The molecule has 0 radical (unpaired) electrons. The van der Waals surface area contributed by atoms with E-state index >= 15 is 4.79 Å². The Labute approximate surface area is 329 Å². The number of methoxy groups -OCH3 is 1. The van der Waals surface area contributed by atoms with Crippen molar-refractivity contribution >= 4 is 62.6 Å². The van der Waals surface area contributed by atoms with Gasteiger partial charge >= 0.3 is 5.97 Å². The van der Waals surface area contributed by atoms with Gasteiger partial charge in [-0.3, -0.25) is 9.48 Å². The molecule has 1 unspecified atom stereocenters. The Morgan fingerprint density at radius 1 is 1.00 bits per heavy atom. The molecule has 0 aliphatic carbocycles. The van der Waals surface area contributed by atoms with Gasteiger partial charge in [-0.25, -0.2) is 4.79 Å². The molecule has 3 aromatic carbocycles. The molecule has 4 heterocycles. The number of ether oxygens (including phenoxy) is 3. The highest BCUT2D eigenvalue weighted by atomic mass is 35.5. The third kappa shape index (κ3) is 6.67. The van der Waals surface area contributed by atoms with Gasteiger partial charge in [0.2, 0.25) is 0 Å². The molecule has 55 heavy (non-hydrogen) atoms. The number of fused-ring (bicyclic) bond motifs is 4. The van der Waals surface area contributed by atoms with Crippen molar-refractivity contribution in [3.63, 3.8) is 0 Å². The molecule has 3 aromatic heterocycles. The van der Waals surface area contributed by atoms with Crippen molar-refractivity contribution in [2.75, 3.05) is 32.0 Å². The summed E-state index contributed by atoms with van der Waals surface area (Å²) in [6.45, 7) is 11.0. The molecule has 1 amide bonds. The summed E-state index contributed by atoms with van der Waals surface area (Å²) < 4.78 is 22.8. The van der Waals surface area contributed by atoms with Crippen LogP contribution in [0, 0.1) is 27.7 Å². The van der Waals surface area contributed by atoms with E-state index in [0.29, 0.717) is 53.3 Å². The molecule has 1 N–H and O–H groups in total. The number of carbonyl (C=O) groups excluding carboxylic acids is 1. The summed E-state index contributed by atoms with van der Waals surface area (Å²) in [7, 11) is 5.26. The minimum absolute atomic E-state index is 0.0683. The van der Waals surface area contributed by atoms with E-state index in [1.54, 1.807) is 29.8 Å². The monoisotopic (exact) mass is 785 g/mol. The minimum Gasteiger partial charge on any atom is -0.494 e. The van der Waals surface area contributed by atoms with Gasteiger partial charge in [0.15, 0.2) is 0 Å². The number of anilines is 1. The third-order valence-corrected chi connectivity index (χ3v) is 11.6. The van der Waals surface area contributed by atoms with Gasteiger partial charge in [0.25, 0.3) is 5.91 Å². The lowest BCUT2D eigenvalue weighted by Gasteiger charge is -2.35. The Hall–Kier alpha value is -4.81. The number of halogens is 2. The van der Waals surface area contributed by atoms with Crippen LogP contribution in [-0.2, 0) is 36.6 Å². The Morgan fingerprint density at radius 2 is 1.73 bits per heavy atom. The smallest absolute Gasteiger partial charge is 0.337 e. The van der Waals surface area contributed by atoms with Gasteiger partial charge in [-0.15, -0.1) is 0 Å². The number of aromatic carboxylic acids is 1. The molecule has 1 aliphatic rings. The normalized spacial score (nSPS) is 14.4. The quantitative estimate of drug-likeness (QED) is 0.0973. The van der Waals surface area contributed by atoms with Crippen molar-refractivity contribution in [2.45, 2.75) is 60.1 Å². The first-order chi connectivity index (χ1) is 26.2. The number of carboxylic acids is 1. The average molecular weight is 787 g/mol. The summed E-state index contributed by atoms with van der Waals surface area (Å²) in [5.41, 5.74) is 9.98. The number of carbonyl (C=O) groups is 2. The van der Waals surface area contributed by atoms with Gasteiger partial charge in [0.1, 0.15) is 18.2 Å². The van der Waals surface area contributed by atoms with Crippen LogP contribution in [0.3, 0.4) is 0 Å². The first-order valence-corrected chi connectivity index (χ1v) is 19.0. The maximum atomic E-state index is 15.3. The SMILES string of the molecule is COCOCc1cc(N2CC(C)n3c(c(CCCOc4cc(C)c(Cl)c(C)c4)c4ccc(Cl)c(-c5c(C)nn(C)c5C)c43)C2=O)c2c(c1)c(C(=O)O)cn2C. The standard InChI is InChI=1S/C42H45Cl2N5O6/c1-22-14-28(15-23(2)37(22)44)55-13-9-10-29-30-11-12-33(43)36(35-25(4)45-47(7)26(35)5)39(30)49-24(3)18-48(41(50)40(29)49)34-17-27(20-54-21-53-8)16-31-32(42(51)52)19-46(6)38(31)34/h11-12,14-17,19,24H,9-10,13,18,20-21H2,1-8H3,(H,51,52). The highest BCUT2D eigenvalue weighted by Gasteiger charge is 2.38. The molecule has 7 rings (SSSR count). The molecule has 1 aliphatic heterocycles. The first kappa shape index (κ1) is 38.5. The van der Waals surface area contributed by atoms with E-state index in [4.69, 9.17) is 42.5 Å². The van der Waals surface area contributed by atoms with Crippen LogP contribution in [0.1, 0.15) is 73.9 Å². The lowest BCUT2D eigenvalue weighted by Crippen LogP contribution is -2.43. The Morgan fingerprint density at radius 3 is 2.38 bits per heavy atom. The van der Waals surface area contributed by atoms with Crippen LogP contribution in [0.2, 0.25) is 10.0 Å². The predicted octanol–water partition coefficient (Wildman–Crippen LogP) is 9.13. The lowest BCUT2D eigenvalue weighted by atomic mass is 9.98. The largest absolute Gasteiger partial charge is 0.494 e. The Kier molecular flexibility index (Phi) is 10.5. The number of carboxylic acid groups (broad SMARTS) is 1. The number of hydrogen-bond donors (Lipinski definition) is 1. The molecular weight excluding hydrogens is 741 g/mol. The summed E-state index contributed by atoms with van der Waals surface area (Å²) >= 11 is 13.5. The molecule has 6 aromatic rings. The Balaban J connectivity index is 1.39. The van der Waals surface area contributed by atoms with E-state index in [-0.39, 0.29) is 30.9 Å². The van der Waals surface area contributed by atoms with Gasteiger partial charge < -0.3 is 33.4 Å². The molecule has 11 nitrogen and oxygen atoms in total. The van der Waals surface area contributed by atoms with Gasteiger partial charge in [-0.05, 0) is 100 Å². The maximum absolute atomic E-state index is 15.3. The second-order valence-electron chi connectivity index (χ2n) is 14.5. The molecule has 0 saturated carbocycles. The zero-order chi connectivity index (χ0) is 39.5. The second kappa shape index (κ2) is 15.0. The minimum atomic E-state index is -1.05. The predicted molar refractivity (Wildman–Crippen MR) is 216 cm³/mol. The fraction of sp³-hybridized carbons (Fsp3) is 0.357. The van der Waals surface area contributed by atoms with Crippen molar-refractivity contribution in [3.05, 3.63) is 97.5 Å². The molecule has 0 spiro atoms. The summed E-state index contributed by atoms with van der Waals surface area (Å²) in [6.07, 6.45) is 2.78. The summed E-state index contributed by atoms with van der Waals surface area (Å²) in [5.74, 6) is -0.494. The van der Waals surface area contributed by atoms with Crippen LogP contribution >= 0.6 is 23.2 Å². The first-order valence-electron chi connectivity index (χ1n) is 18.2. The maximum Gasteiger partial charge on any atom is 0.337 e. The highest BCUT2D eigenvalue weighted by Crippen LogP contribution is 2.46. The van der Waals surface area contributed by atoms with Crippen molar-refractivity contribution < 1.29 is 28.9 Å². The fourth-order valence-electron chi connectivity index (χ4n) is 8.22. The van der Waals surface area contributed by atoms with Crippen molar-refractivity contribution in [2.24, 2.45) is 14.1 Å². The number of aryl methyl sites for hydroxylation is 6. The summed E-state index contributed by atoms with van der Waals surface area (Å²) in [6, 6.07) is 11.3. The molecule has 13 heteroatoms. The molecule has 1 atom stereocenters. The van der Waals surface area contributed by atoms with E-state index < -0.39 is 5.97 Å². The van der Waals surface area contributed by atoms with Crippen LogP contribution in [0.15, 0.2) is 42.6 Å². The molecule has 288 valence electrons. The number of aromatic nitrogens is 4. The third-order valence-electron chi connectivity index (χ3n) is 10.7. The van der Waals surface area contributed by atoms with Gasteiger partial charge in [-0.2, -0.15) is 5.10 Å². The molecule has 0 saturated heterocycles. The van der Waals surface area contributed by atoms with Crippen LogP contribution < -0.4 is 9.64 Å². The average Bonchev–Trinajstić information content (AvgIpc) is 3.74. The van der Waals surface area contributed by atoms with Crippen LogP contribution in [-0.4, -0.2) is 63.0 Å². The topological polar surface area (TPSA) is 113 Å². The van der Waals surface area contributed by atoms with E-state index in [1.807, 2.05) is 75.8 Å².